The molecule has 11 heteroatoms. The van der Waals surface area contributed by atoms with Crippen LogP contribution in [-0.4, -0.2) is 78.7 Å². The second kappa shape index (κ2) is 8.51. The van der Waals surface area contributed by atoms with Gasteiger partial charge in [0.1, 0.15) is 17.3 Å². The number of nitrogens with two attached hydrogens (primary N) is 1. The maximum Gasteiger partial charge on any atom is 0.321 e. The number of benzene rings is 1. The Morgan fingerprint density at radius 2 is 1.97 bits per heavy atom. The fourth-order valence-corrected chi connectivity index (χ4v) is 5.93. The molecule has 0 aliphatic carbocycles. The number of urea groups is 1. The van der Waals surface area contributed by atoms with Crippen LogP contribution in [-0.2, 0) is 11.2 Å². The first-order chi connectivity index (χ1) is 17.3. The molecule has 0 bridgehead atoms. The Kier molecular flexibility index (Phi) is 5.40. The number of amides is 2. The molecule has 0 radical (unpaired) electrons. The van der Waals surface area contributed by atoms with Crippen LogP contribution >= 0.6 is 11.3 Å². The van der Waals surface area contributed by atoms with Crippen LogP contribution in [0.1, 0.15) is 25.0 Å². The van der Waals surface area contributed by atoms with Crippen molar-refractivity contribution < 1.29 is 9.53 Å². The van der Waals surface area contributed by atoms with Crippen LogP contribution in [0.15, 0.2) is 28.6 Å². The van der Waals surface area contributed by atoms with Crippen molar-refractivity contribution in [2.75, 3.05) is 67.2 Å². The first kappa shape index (κ1) is 22.8. The molecule has 0 spiro atoms. The van der Waals surface area contributed by atoms with Gasteiger partial charge in [-0.15, -0.1) is 11.3 Å². The minimum Gasteiger partial charge on any atom is -0.475 e. The molecule has 1 aromatic carbocycles. The smallest absolute Gasteiger partial charge is 0.321 e. The van der Waals surface area contributed by atoms with Crippen LogP contribution in [0.3, 0.4) is 0 Å². The summed E-state index contributed by atoms with van der Waals surface area (Å²) in [6, 6.07) is 6.06. The van der Waals surface area contributed by atoms with Gasteiger partial charge in [-0.2, -0.15) is 4.98 Å². The van der Waals surface area contributed by atoms with Gasteiger partial charge in [-0.1, -0.05) is 0 Å². The van der Waals surface area contributed by atoms with Crippen molar-refractivity contribution >= 4 is 56.6 Å². The summed E-state index contributed by atoms with van der Waals surface area (Å²) < 4.78 is 5.92. The van der Waals surface area contributed by atoms with Crippen molar-refractivity contribution in [1.82, 2.24) is 14.9 Å². The van der Waals surface area contributed by atoms with Gasteiger partial charge in [0.15, 0.2) is 0 Å². The van der Waals surface area contributed by atoms with Crippen LogP contribution in [0.4, 0.5) is 27.9 Å². The lowest BCUT2D eigenvalue weighted by atomic mass is 10.1. The highest BCUT2D eigenvalue weighted by Gasteiger charge is 2.31. The topological polar surface area (TPSA) is 112 Å². The number of ether oxygens (including phenoxy) is 1. The van der Waals surface area contributed by atoms with Gasteiger partial charge >= 0.3 is 6.03 Å². The van der Waals surface area contributed by atoms with Crippen LogP contribution < -0.4 is 20.9 Å². The van der Waals surface area contributed by atoms with E-state index in [0.29, 0.717) is 38.7 Å². The van der Waals surface area contributed by atoms with Crippen molar-refractivity contribution in [1.29, 1.82) is 0 Å². The molecule has 6 rings (SSSR count). The molecular weight excluding hydrogens is 476 g/mol. The minimum atomic E-state index is -0.258. The lowest BCUT2D eigenvalue weighted by molar-refractivity contribution is 0.208. The molecule has 1 saturated heterocycles. The van der Waals surface area contributed by atoms with Gasteiger partial charge in [0.05, 0.1) is 16.5 Å². The monoisotopic (exact) mass is 506 g/mol. The van der Waals surface area contributed by atoms with E-state index in [9.17, 15) is 4.79 Å². The summed E-state index contributed by atoms with van der Waals surface area (Å²) in [5, 5.41) is 6.00. The van der Waals surface area contributed by atoms with E-state index in [1.807, 2.05) is 16.3 Å². The van der Waals surface area contributed by atoms with E-state index in [4.69, 9.17) is 15.5 Å². The lowest BCUT2D eigenvalue weighted by Gasteiger charge is -2.35. The zero-order valence-corrected chi connectivity index (χ0v) is 21.6. The summed E-state index contributed by atoms with van der Waals surface area (Å²) in [6.45, 7) is 8.09. The number of aromatic nitrogens is 2. The Morgan fingerprint density at radius 1 is 1.17 bits per heavy atom. The van der Waals surface area contributed by atoms with E-state index in [1.54, 1.807) is 0 Å². The van der Waals surface area contributed by atoms with E-state index in [2.05, 4.69) is 58.1 Å². The Bertz CT molecular complexity index is 1380. The standard InChI is InChI=1S/C25H30N8O2S/c1-25(2)14-35-21(30-25)17-13-36-22-19(17)20(28-23(26)29-22)32-8-10-33(11-9-32)24(34)27-16-4-5-18-15(12-16)6-7-31(18)3/h4-5,12-13H,6-11,14H2,1-3H3,(H,27,34)(H2,26,28,29). The quantitative estimate of drug-likeness (QED) is 0.561. The second-order valence-corrected chi connectivity index (χ2v) is 11.0. The number of anilines is 4. The SMILES string of the molecule is CN1CCc2cc(NC(=O)N3CCN(c4nc(N)nc5scc(C6=NC(C)(C)CO6)c45)CC3)ccc21. The van der Waals surface area contributed by atoms with Crippen molar-refractivity contribution in [3.63, 3.8) is 0 Å². The molecule has 5 heterocycles. The Hall–Kier alpha value is -3.60. The van der Waals surface area contributed by atoms with Crippen molar-refractivity contribution in [3.8, 4) is 0 Å². The highest BCUT2D eigenvalue weighted by molar-refractivity contribution is 7.17. The Labute approximate surface area is 213 Å². The van der Waals surface area contributed by atoms with E-state index in [0.717, 1.165) is 40.3 Å². The molecule has 3 aliphatic heterocycles. The maximum absolute atomic E-state index is 13.0. The van der Waals surface area contributed by atoms with Crippen molar-refractivity contribution in [2.24, 2.45) is 4.99 Å². The molecule has 3 N–H and O–H groups in total. The number of fused-ring (bicyclic) bond motifs is 2. The summed E-state index contributed by atoms with van der Waals surface area (Å²) in [7, 11) is 2.09. The number of nitrogens with one attached hydrogen (secondary N) is 1. The molecule has 2 amide bonds. The van der Waals surface area contributed by atoms with Crippen LogP contribution in [0.5, 0.6) is 0 Å². The molecule has 0 atom stereocenters. The second-order valence-electron chi connectivity index (χ2n) is 10.2. The number of nitrogens with zero attached hydrogens (tertiary/aromatic N) is 6. The Morgan fingerprint density at radius 3 is 2.72 bits per heavy atom. The fraction of sp³-hybridized carbons (Fsp3) is 0.440. The van der Waals surface area contributed by atoms with Crippen molar-refractivity contribution in [3.05, 3.63) is 34.7 Å². The number of thiophene rings is 1. The zero-order chi connectivity index (χ0) is 25.0. The van der Waals surface area contributed by atoms with Gasteiger partial charge in [-0.05, 0) is 44.0 Å². The van der Waals surface area contributed by atoms with E-state index >= 15 is 0 Å². The third-order valence-electron chi connectivity index (χ3n) is 6.95. The lowest BCUT2D eigenvalue weighted by Crippen LogP contribution is -2.50. The van der Waals surface area contributed by atoms with E-state index in [-0.39, 0.29) is 17.5 Å². The molecule has 3 aromatic rings. The number of likely N-dealkylation sites (N-methyl/N-ethyl adjacent to an activating group) is 1. The zero-order valence-electron chi connectivity index (χ0n) is 20.7. The molecule has 0 unspecified atom stereocenters. The third kappa shape index (κ3) is 4.06. The molecule has 0 saturated carbocycles. The summed E-state index contributed by atoms with van der Waals surface area (Å²) in [5.41, 5.74) is 10.1. The van der Waals surface area contributed by atoms with Crippen LogP contribution in [0, 0.1) is 0 Å². The van der Waals surface area contributed by atoms with E-state index < -0.39 is 0 Å². The number of aliphatic imine (C=N–C) groups is 1. The number of hydrogen-bond donors (Lipinski definition) is 2. The minimum absolute atomic E-state index is 0.0829. The first-order valence-electron chi connectivity index (χ1n) is 12.2. The number of carbonyl (C=O) groups is 1. The number of nitrogen functional groups attached to an aromatic ring is 1. The van der Waals surface area contributed by atoms with Crippen molar-refractivity contribution in [2.45, 2.75) is 25.8 Å². The average Bonchev–Trinajstić information content (AvgIpc) is 3.55. The van der Waals surface area contributed by atoms with Gasteiger partial charge < -0.3 is 30.5 Å². The molecule has 1 fully saturated rings. The predicted molar refractivity (Wildman–Crippen MR) is 145 cm³/mol. The van der Waals surface area contributed by atoms with E-state index in [1.165, 1.54) is 22.6 Å². The number of carbonyl (C=O) groups excluding carboxylic acids is 1. The number of piperazine rings is 1. The molecule has 36 heavy (non-hydrogen) atoms. The molecular formula is C25H30N8O2S. The van der Waals surface area contributed by atoms with Gasteiger partial charge in [-0.3, -0.25) is 0 Å². The molecule has 188 valence electrons. The normalized spacial score (nSPS) is 18.9. The fourth-order valence-electron chi connectivity index (χ4n) is 5.02. The molecule has 3 aliphatic rings. The average molecular weight is 507 g/mol. The highest BCUT2D eigenvalue weighted by Crippen LogP contribution is 2.36. The maximum atomic E-state index is 13.0. The molecule has 10 nitrogen and oxygen atoms in total. The largest absolute Gasteiger partial charge is 0.475 e. The Balaban J connectivity index is 1.19. The van der Waals surface area contributed by atoms with Crippen LogP contribution in [0.2, 0.25) is 0 Å². The summed E-state index contributed by atoms with van der Waals surface area (Å²) in [5.74, 6) is 1.63. The van der Waals surface area contributed by atoms with Gasteiger partial charge in [0, 0.05) is 56.5 Å². The summed E-state index contributed by atoms with van der Waals surface area (Å²) in [6.07, 6.45) is 1.00. The summed E-state index contributed by atoms with van der Waals surface area (Å²) in [4.78, 5) is 33.9. The summed E-state index contributed by atoms with van der Waals surface area (Å²) >= 11 is 1.51. The highest BCUT2D eigenvalue weighted by atomic mass is 32.1. The van der Waals surface area contributed by atoms with Gasteiger partial charge in [-0.25, -0.2) is 14.8 Å². The molecule has 2 aromatic heterocycles. The number of hydrogen-bond acceptors (Lipinski definition) is 9. The third-order valence-corrected chi connectivity index (χ3v) is 7.83. The van der Waals surface area contributed by atoms with Gasteiger partial charge in [0.2, 0.25) is 11.8 Å². The van der Waals surface area contributed by atoms with Crippen LogP contribution in [0.25, 0.3) is 10.2 Å². The first-order valence-corrected chi connectivity index (χ1v) is 13.1. The number of rotatable bonds is 3. The van der Waals surface area contributed by atoms with Gasteiger partial charge in [0.25, 0.3) is 0 Å². The predicted octanol–water partition coefficient (Wildman–Crippen LogP) is 3.18.